The van der Waals surface area contributed by atoms with Gasteiger partial charge in [0.05, 0.1) is 11.4 Å². The van der Waals surface area contributed by atoms with Crippen molar-refractivity contribution in [2.45, 2.75) is 20.4 Å². The Balaban J connectivity index is 1.87. The number of hydrogen-bond donors (Lipinski definition) is 0. The van der Waals surface area contributed by atoms with Gasteiger partial charge in [-0.3, -0.25) is 4.79 Å². The highest BCUT2D eigenvalue weighted by Gasteiger charge is 2.19. The predicted octanol–water partition coefficient (Wildman–Crippen LogP) is 4.04. The maximum Gasteiger partial charge on any atom is 0.254 e. The van der Waals surface area contributed by atoms with Gasteiger partial charge in [-0.1, -0.05) is 18.2 Å². The molecule has 0 atom stereocenters. The number of carbonyl (C=O) groups excluding carboxylic acids is 1. The zero-order chi connectivity index (χ0) is 18.8. The molecule has 0 spiro atoms. The van der Waals surface area contributed by atoms with Gasteiger partial charge in [0.2, 0.25) is 0 Å². The van der Waals surface area contributed by atoms with Crippen molar-refractivity contribution in [3.8, 4) is 5.69 Å². The van der Waals surface area contributed by atoms with Crippen molar-refractivity contribution in [1.29, 1.82) is 0 Å². The first-order chi connectivity index (χ1) is 12.4. The van der Waals surface area contributed by atoms with Crippen molar-refractivity contribution in [2.75, 3.05) is 7.05 Å². The van der Waals surface area contributed by atoms with Crippen molar-refractivity contribution in [2.24, 2.45) is 0 Å². The van der Waals surface area contributed by atoms with Gasteiger partial charge < -0.3 is 4.90 Å². The summed E-state index contributed by atoms with van der Waals surface area (Å²) in [7, 11) is 1.60. The number of amides is 1. The van der Waals surface area contributed by atoms with Gasteiger partial charge in [-0.05, 0) is 38.1 Å². The molecule has 4 nitrogen and oxygen atoms in total. The largest absolute Gasteiger partial charge is 0.337 e. The number of benzene rings is 2. The van der Waals surface area contributed by atoms with E-state index in [1.165, 1.54) is 4.90 Å². The van der Waals surface area contributed by atoms with Crippen LogP contribution in [0.1, 0.15) is 27.3 Å². The second-order valence-electron chi connectivity index (χ2n) is 6.22. The Morgan fingerprint density at radius 2 is 1.69 bits per heavy atom. The first kappa shape index (κ1) is 17.8. The van der Waals surface area contributed by atoms with E-state index >= 15 is 0 Å². The van der Waals surface area contributed by atoms with Crippen LogP contribution in [0.4, 0.5) is 8.78 Å². The normalized spacial score (nSPS) is 10.8. The van der Waals surface area contributed by atoms with Crippen molar-refractivity contribution < 1.29 is 13.6 Å². The average Bonchev–Trinajstić information content (AvgIpc) is 2.89. The monoisotopic (exact) mass is 355 g/mol. The highest BCUT2D eigenvalue weighted by Crippen LogP contribution is 2.20. The zero-order valence-electron chi connectivity index (χ0n) is 14.8. The van der Waals surface area contributed by atoms with E-state index in [2.05, 4.69) is 5.10 Å². The lowest BCUT2D eigenvalue weighted by Crippen LogP contribution is -2.27. The summed E-state index contributed by atoms with van der Waals surface area (Å²) in [4.78, 5) is 13.9. The maximum absolute atomic E-state index is 13.4. The summed E-state index contributed by atoms with van der Waals surface area (Å²) in [5, 5.41) is 4.55. The van der Waals surface area contributed by atoms with Crippen LogP contribution in [0, 0.1) is 25.5 Å². The number of aryl methyl sites for hydroxylation is 1. The highest BCUT2D eigenvalue weighted by atomic mass is 19.1. The predicted molar refractivity (Wildman–Crippen MR) is 95.2 cm³/mol. The van der Waals surface area contributed by atoms with Gasteiger partial charge in [0.1, 0.15) is 11.6 Å². The van der Waals surface area contributed by atoms with Gasteiger partial charge in [0.25, 0.3) is 5.91 Å². The fraction of sp³-hybridized carbons (Fsp3) is 0.200. The summed E-state index contributed by atoms with van der Waals surface area (Å²) in [6.07, 6.45) is 0. The molecule has 0 bridgehead atoms. The van der Waals surface area contributed by atoms with Crippen LogP contribution in [0.25, 0.3) is 5.69 Å². The van der Waals surface area contributed by atoms with Crippen molar-refractivity contribution in [3.63, 3.8) is 0 Å². The molecule has 0 fully saturated rings. The molecule has 26 heavy (non-hydrogen) atoms. The van der Waals surface area contributed by atoms with Crippen LogP contribution in [-0.4, -0.2) is 27.6 Å². The first-order valence-electron chi connectivity index (χ1n) is 8.19. The Bertz CT molecular complexity index is 931. The van der Waals surface area contributed by atoms with Crippen molar-refractivity contribution >= 4 is 5.91 Å². The number of nitrogens with zero attached hydrogens (tertiary/aromatic N) is 3. The smallest absolute Gasteiger partial charge is 0.254 e. The Hall–Kier alpha value is -3.02. The number of rotatable bonds is 4. The minimum Gasteiger partial charge on any atom is -0.337 e. The number of hydrogen-bond acceptors (Lipinski definition) is 2. The van der Waals surface area contributed by atoms with E-state index in [9.17, 15) is 13.6 Å². The fourth-order valence-electron chi connectivity index (χ4n) is 2.93. The SMILES string of the molecule is Cc1nn(-c2ccccc2)c(C)c1CN(C)C(=O)c1cc(F)cc(F)c1. The second-order valence-corrected chi connectivity index (χ2v) is 6.22. The van der Waals surface area contributed by atoms with Gasteiger partial charge in [-0.25, -0.2) is 13.5 Å². The summed E-state index contributed by atoms with van der Waals surface area (Å²) < 4.78 is 28.6. The van der Waals surface area contributed by atoms with E-state index in [-0.39, 0.29) is 5.56 Å². The molecule has 6 heteroatoms. The number of halogens is 2. The van der Waals surface area contributed by atoms with Crippen LogP contribution in [0.5, 0.6) is 0 Å². The summed E-state index contributed by atoms with van der Waals surface area (Å²) in [5.41, 5.74) is 3.54. The Kier molecular flexibility index (Phi) is 4.84. The van der Waals surface area contributed by atoms with E-state index in [0.717, 1.165) is 40.8 Å². The highest BCUT2D eigenvalue weighted by molar-refractivity contribution is 5.94. The molecule has 3 aromatic rings. The van der Waals surface area contributed by atoms with Gasteiger partial charge in [-0.2, -0.15) is 5.10 Å². The lowest BCUT2D eigenvalue weighted by molar-refractivity contribution is 0.0783. The minimum atomic E-state index is -0.772. The molecule has 0 aliphatic heterocycles. The van der Waals surface area contributed by atoms with E-state index in [0.29, 0.717) is 6.54 Å². The third-order valence-corrected chi connectivity index (χ3v) is 4.29. The number of carbonyl (C=O) groups is 1. The molecule has 1 amide bonds. The van der Waals surface area contributed by atoms with Crippen LogP contribution in [-0.2, 0) is 6.54 Å². The van der Waals surface area contributed by atoms with Crippen LogP contribution >= 0.6 is 0 Å². The molecule has 1 heterocycles. The molecule has 134 valence electrons. The molecule has 3 rings (SSSR count). The second kappa shape index (κ2) is 7.07. The van der Waals surface area contributed by atoms with E-state index in [1.54, 1.807) is 7.05 Å². The van der Waals surface area contributed by atoms with Crippen LogP contribution in [0.2, 0.25) is 0 Å². The van der Waals surface area contributed by atoms with Crippen LogP contribution in [0.3, 0.4) is 0 Å². The minimum absolute atomic E-state index is 0.0178. The summed E-state index contributed by atoms with van der Waals surface area (Å²) in [6.45, 7) is 4.10. The van der Waals surface area contributed by atoms with Crippen molar-refractivity contribution in [3.05, 3.63) is 82.7 Å². The van der Waals surface area contributed by atoms with Crippen LogP contribution < -0.4 is 0 Å². The summed E-state index contributed by atoms with van der Waals surface area (Å²) in [5.74, 6) is -1.99. The van der Waals surface area contributed by atoms with Gasteiger partial charge >= 0.3 is 0 Å². The summed E-state index contributed by atoms with van der Waals surface area (Å²) in [6, 6.07) is 12.5. The summed E-state index contributed by atoms with van der Waals surface area (Å²) >= 11 is 0. The van der Waals surface area contributed by atoms with Gasteiger partial charge in [-0.15, -0.1) is 0 Å². The van der Waals surface area contributed by atoms with Crippen LogP contribution in [0.15, 0.2) is 48.5 Å². The van der Waals surface area contributed by atoms with E-state index < -0.39 is 17.5 Å². The van der Waals surface area contributed by atoms with Gasteiger partial charge in [0, 0.05) is 36.5 Å². The molecule has 0 unspecified atom stereocenters. The Labute approximate surface area is 150 Å². The topological polar surface area (TPSA) is 38.1 Å². The zero-order valence-corrected chi connectivity index (χ0v) is 14.8. The molecule has 0 saturated carbocycles. The number of para-hydroxylation sites is 1. The standard InChI is InChI=1S/C20H19F2N3O/c1-13-19(14(2)25(23-13)18-7-5-4-6-8-18)12-24(3)20(26)15-9-16(21)11-17(22)10-15/h4-11H,12H2,1-3H3. The molecular formula is C20H19F2N3O. The molecule has 0 aliphatic rings. The first-order valence-corrected chi connectivity index (χ1v) is 8.19. The molecular weight excluding hydrogens is 336 g/mol. The molecule has 1 aromatic heterocycles. The third-order valence-electron chi connectivity index (χ3n) is 4.29. The lowest BCUT2D eigenvalue weighted by atomic mass is 10.1. The maximum atomic E-state index is 13.4. The quantitative estimate of drug-likeness (QED) is 0.708. The van der Waals surface area contributed by atoms with E-state index in [1.807, 2.05) is 48.9 Å². The fourth-order valence-corrected chi connectivity index (χ4v) is 2.93. The Morgan fingerprint density at radius 3 is 2.31 bits per heavy atom. The molecule has 0 N–H and O–H groups in total. The molecule has 2 aromatic carbocycles. The molecule has 0 radical (unpaired) electrons. The van der Waals surface area contributed by atoms with Gasteiger partial charge in [0.15, 0.2) is 0 Å². The van der Waals surface area contributed by atoms with Crippen molar-refractivity contribution in [1.82, 2.24) is 14.7 Å². The average molecular weight is 355 g/mol. The molecule has 0 saturated heterocycles. The Morgan fingerprint density at radius 1 is 1.08 bits per heavy atom. The lowest BCUT2D eigenvalue weighted by Gasteiger charge is -2.18. The number of aromatic nitrogens is 2. The third kappa shape index (κ3) is 3.49. The molecule has 0 aliphatic carbocycles. The van der Waals surface area contributed by atoms with E-state index in [4.69, 9.17) is 0 Å².